The number of hydrogen-bond donors (Lipinski definition) is 4. The van der Waals surface area contributed by atoms with Crippen LogP contribution in [-0.4, -0.2) is 61.8 Å². The molecule has 214 valence electrons. The largest absolute Gasteiger partial charge is 0.374 e. The van der Waals surface area contributed by atoms with Crippen molar-refractivity contribution in [2.24, 2.45) is 11.7 Å². The van der Waals surface area contributed by atoms with Gasteiger partial charge < -0.3 is 26.6 Å². The van der Waals surface area contributed by atoms with Crippen molar-refractivity contribution in [3.05, 3.63) is 76.6 Å². The first-order chi connectivity index (χ1) is 20.3. The average molecular weight is 582 g/mol. The van der Waals surface area contributed by atoms with E-state index in [-0.39, 0.29) is 30.4 Å². The summed E-state index contributed by atoms with van der Waals surface area (Å²) in [6.45, 7) is -0.0300. The number of aromatic amines is 1. The third-order valence-electron chi connectivity index (χ3n) is 9.11. The van der Waals surface area contributed by atoms with Gasteiger partial charge in [-0.15, -0.1) is 11.3 Å². The quantitative estimate of drug-likeness (QED) is 0.193. The van der Waals surface area contributed by atoms with E-state index in [4.69, 9.17) is 11.5 Å². The number of carbonyl (C=O) groups is 3. The molecule has 0 saturated carbocycles. The molecular formula is C30H32BN7O3S. The van der Waals surface area contributed by atoms with Crippen LogP contribution in [0.15, 0.2) is 54.6 Å². The van der Waals surface area contributed by atoms with Crippen molar-refractivity contribution >= 4 is 51.9 Å². The van der Waals surface area contributed by atoms with Crippen LogP contribution in [0, 0.1) is 5.92 Å². The normalized spacial score (nSPS) is 22.8. The molecule has 6 N–H and O–H groups in total. The van der Waals surface area contributed by atoms with Crippen molar-refractivity contribution in [3.63, 3.8) is 0 Å². The number of nitrogens with two attached hydrogens (primary N) is 2. The summed E-state index contributed by atoms with van der Waals surface area (Å²) in [5, 5.41) is 3.44. The molecule has 12 heteroatoms. The maximum atomic E-state index is 14.0. The summed E-state index contributed by atoms with van der Waals surface area (Å²) in [4.78, 5) is 55.7. The van der Waals surface area contributed by atoms with Crippen molar-refractivity contribution in [1.29, 1.82) is 0 Å². The number of rotatable bonds is 7. The summed E-state index contributed by atoms with van der Waals surface area (Å²) >= 11 is 1.32. The second-order valence-corrected chi connectivity index (χ2v) is 12.9. The number of ketones is 1. The lowest BCUT2D eigenvalue weighted by atomic mass is 9.51. The summed E-state index contributed by atoms with van der Waals surface area (Å²) in [5.41, 5.74) is 15.0. The van der Waals surface area contributed by atoms with Crippen LogP contribution < -0.4 is 16.8 Å². The van der Waals surface area contributed by atoms with Gasteiger partial charge in [-0.3, -0.25) is 14.4 Å². The summed E-state index contributed by atoms with van der Waals surface area (Å²) in [6, 6.07) is 15.8. The highest BCUT2D eigenvalue weighted by Gasteiger charge is 2.53. The predicted octanol–water partition coefficient (Wildman–Crippen LogP) is 2.62. The fourth-order valence-corrected chi connectivity index (χ4v) is 7.97. The van der Waals surface area contributed by atoms with E-state index < -0.39 is 17.6 Å². The maximum absolute atomic E-state index is 14.0. The maximum Gasteiger partial charge on any atom is 0.259 e. The summed E-state index contributed by atoms with van der Waals surface area (Å²) in [7, 11) is 0. The zero-order valence-electron chi connectivity index (χ0n) is 23.1. The monoisotopic (exact) mass is 581 g/mol. The van der Waals surface area contributed by atoms with Crippen LogP contribution in [0.2, 0.25) is 12.6 Å². The van der Waals surface area contributed by atoms with E-state index >= 15 is 0 Å². The van der Waals surface area contributed by atoms with Gasteiger partial charge in [0.05, 0.1) is 33.5 Å². The number of fused-ring (bicyclic) bond motifs is 3. The van der Waals surface area contributed by atoms with Gasteiger partial charge in [-0.05, 0) is 55.7 Å². The Balaban J connectivity index is 1.15. The first kappa shape index (κ1) is 26.8. The molecule has 2 amide bonds. The van der Waals surface area contributed by atoms with Crippen molar-refractivity contribution in [2.45, 2.75) is 62.4 Å². The second kappa shape index (κ2) is 10.4. The molecule has 0 radical (unpaired) electrons. The minimum absolute atomic E-state index is 0.0300. The smallest absolute Gasteiger partial charge is 0.259 e. The molecule has 10 nitrogen and oxygen atoms in total. The predicted molar refractivity (Wildman–Crippen MR) is 162 cm³/mol. The number of aromatic nitrogens is 3. The zero-order chi connectivity index (χ0) is 29.0. The summed E-state index contributed by atoms with van der Waals surface area (Å²) in [6.07, 6.45) is 4.04. The van der Waals surface area contributed by atoms with E-state index in [2.05, 4.69) is 20.3 Å². The third kappa shape index (κ3) is 4.68. The van der Waals surface area contributed by atoms with E-state index in [1.165, 1.54) is 11.3 Å². The first-order valence-corrected chi connectivity index (χ1v) is 15.3. The number of nitrogen functional groups attached to an aromatic ring is 1. The third-order valence-corrected chi connectivity index (χ3v) is 10.2. The van der Waals surface area contributed by atoms with Gasteiger partial charge in [0.2, 0.25) is 17.6 Å². The second-order valence-electron chi connectivity index (χ2n) is 11.9. The number of para-hydroxylation sites is 1. The highest BCUT2D eigenvalue weighted by molar-refractivity contribution is 7.20. The Labute approximate surface area is 247 Å². The minimum atomic E-state index is -1.07. The minimum Gasteiger partial charge on any atom is -0.374 e. The van der Waals surface area contributed by atoms with Crippen molar-refractivity contribution in [3.8, 4) is 0 Å². The van der Waals surface area contributed by atoms with Gasteiger partial charge in [0.15, 0.2) is 11.0 Å². The van der Waals surface area contributed by atoms with Crippen LogP contribution in [0.4, 0.5) is 5.95 Å². The Hall–Kier alpha value is -4.03. The molecule has 0 bridgehead atoms. The molecular weight excluding hydrogens is 549 g/mol. The molecule has 1 aliphatic carbocycles. The number of H-pyrrole nitrogens is 1. The fraction of sp³-hybridized carbons (Fsp3) is 0.367. The lowest BCUT2D eigenvalue weighted by Gasteiger charge is -2.42. The Morgan fingerprint density at radius 1 is 1.12 bits per heavy atom. The van der Waals surface area contributed by atoms with Crippen LogP contribution in [-0.2, 0) is 28.9 Å². The molecule has 7 rings (SSSR count). The van der Waals surface area contributed by atoms with Crippen molar-refractivity contribution in [2.75, 3.05) is 5.73 Å². The van der Waals surface area contributed by atoms with Gasteiger partial charge in [0, 0.05) is 5.69 Å². The van der Waals surface area contributed by atoms with E-state index in [0.29, 0.717) is 43.1 Å². The number of amides is 2. The van der Waals surface area contributed by atoms with E-state index in [1.807, 2.05) is 54.6 Å². The number of thiazole rings is 1. The van der Waals surface area contributed by atoms with Gasteiger partial charge >= 0.3 is 0 Å². The van der Waals surface area contributed by atoms with E-state index in [9.17, 15) is 14.4 Å². The number of imidazole rings is 1. The van der Waals surface area contributed by atoms with E-state index in [0.717, 1.165) is 39.8 Å². The number of Topliss-reactive ketones (excluding diaryl/α,β-unsaturated/α-hetero) is 1. The zero-order valence-corrected chi connectivity index (χ0v) is 23.9. The topological polar surface area (TPSA) is 160 Å². The number of nitrogens with one attached hydrogen (secondary N) is 2. The lowest BCUT2D eigenvalue weighted by molar-refractivity contribution is -0.140. The number of carbonyl (C=O) groups excluding carboxylic acids is 3. The Kier molecular flexibility index (Phi) is 6.62. The molecule has 2 aromatic heterocycles. The SMILES string of the molecule is Nc1nc2c([nH]1)CC([C@H](NC(=O)[C@@H]1CCB3CC[C@@](N)(Cc4ccccc4)C(=O)N31)C(=O)c1nc3ccccc3s1)C2. The highest BCUT2D eigenvalue weighted by atomic mass is 32.1. The number of anilines is 1. The molecule has 4 heterocycles. The fourth-order valence-electron chi connectivity index (χ4n) is 7.02. The van der Waals surface area contributed by atoms with Gasteiger partial charge in [-0.2, -0.15) is 0 Å². The Bertz CT molecular complexity index is 1630. The molecule has 1 unspecified atom stereocenters. The molecule has 2 aromatic carbocycles. The molecule has 2 fully saturated rings. The van der Waals surface area contributed by atoms with Crippen molar-refractivity contribution in [1.82, 2.24) is 25.1 Å². The van der Waals surface area contributed by atoms with Gasteiger partial charge in [0.1, 0.15) is 0 Å². The number of nitrogens with zero attached hydrogens (tertiary/aromatic N) is 3. The molecule has 4 atom stereocenters. The molecule has 42 heavy (non-hydrogen) atoms. The molecule has 2 aliphatic heterocycles. The Morgan fingerprint density at radius 2 is 1.90 bits per heavy atom. The number of benzene rings is 2. The number of hydrogen-bond acceptors (Lipinski definition) is 8. The van der Waals surface area contributed by atoms with Crippen molar-refractivity contribution < 1.29 is 14.4 Å². The summed E-state index contributed by atoms with van der Waals surface area (Å²) < 4.78 is 0.909. The van der Waals surface area contributed by atoms with Crippen LogP contribution in [0.5, 0.6) is 0 Å². The van der Waals surface area contributed by atoms with Crippen LogP contribution in [0.3, 0.4) is 0 Å². The molecule has 3 aliphatic rings. The summed E-state index contributed by atoms with van der Waals surface area (Å²) in [5.74, 6) is -0.617. The van der Waals surface area contributed by atoms with Gasteiger partial charge in [-0.25, -0.2) is 9.97 Å². The standard InChI is InChI=1S/C30H32BN7O3S/c32-29-35-20-14-18(15-21(20)36-29)24(25(39)27-34-19-8-4-5-9-23(19)42-27)37-26(40)22-10-12-31-13-11-30(33,28(41)38(22)31)16-17-6-2-1-3-7-17/h1-9,18,22,24H,10-16,33H2,(H,37,40)(H3,32,35,36)/t22-,24-,30+/m0/s1. The molecule has 0 spiro atoms. The molecule has 4 aromatic rings. The highest BCUT2D eigenvalue weighted by Crippen LogP contribution is 2.37. The van der Waals surface area contributed by atoms with Crippen LogP contribution in [0.1, 0.15) is 39.6 Å². The van der Waals surface area contributed by atoms with Crippen LogP contribution in [0.25, 0.3) is 10.2 Å². The Morgan fingerprint density at radius 3 is 2.69 bits per heavy atom. The van der Waals surface area contributed by atoms with Gasteiger partial charge in [0.25, 0.3) is 6.85 Å². The molecule has 2 saturated heterocycles. The average Bonchev–Trinajstić information content (AvgIpc) is 3.76. The van der Waals surface area contributed by atoms with Crippen LogP contribution >= 0.6 is 11.3 Å². The van der Waals surface area contributed by atoms with Gasteiger partial charge in [-0.1, -0.05) is 55.1 Å². The van der Waals surface area contributed by atoms with E-state index in [1.54, 1.807) is 4.81 Å². The lowest BCUT2D eigenvalue weighted by Crippen LogP contribution is -2.66. The first-order valence-electron chi connectivity index (χ1n) is 14.5.